The maximum Gasteiger partial charge on any atom is 0.255 e. The van der Waals surface area contributed by atoms with Gasteiger partial charge in [-0.2, -0.15) is 0 Å². The predicted molar refractivity (Wildman–Crippen MR) is 116 cm³/mol. The molecule has 5 nitrogen and oxygen atoms in total. The molecule has 6 heteroatoms. The van der Waals surface area contributed by atoms with Gasteiger partial charge in [-0.05, 0) is 73.6 Å². The summed E-state index contributed by atoms with van der Waals surface area (Å²) in [4.78, 5) is 32.3. The second-order valence-electron chi connectivity index (χ2n) is 8.84. The molecule has 162 valence electrons. The van der Waals surface area contributed by atoms with E-state index in [1.54, 1.807) is 17.0 Å². The second kappa shape index (κ2) is 8.42. The van der Waals surface area contributed by atoms with E-state index in [1.807, 2.05) is 18.2 Å². The van der Waals surface area contributed by atoms with Crippen LogP contribution in [0.3, 0.4) is 0 Å². The molecule has 2 aromatic carbocycles. The number of carbonyl (C=O) groups is 2. The lowest BCUT2D eigenvalue weighted by Gasteiger charge is -2.33. The van der Waals surface area contributed by atoms with Crippen molar-refractivity contribution in [2.75, 3.05) is 26.2 Å². The molecule has 1 unspecified atom stereocenters. The summed E-state index contributed by atoms with van der Waals surface area (Å²) in [7, 11) is 0. The van der Waals surface area contributed by atoms with E-state index in [2.05, 4.69) is 9.80 Å². The van der Waals surface area contributed by atoms with E-state index >= 15 is 0 Å². The molecule has 2 fully saturated rings. The van der Waals surface area contributed by atoms with Gasteiger partial charge in [-0.3, -0.25) is 14.5 Å². The van der Waals surface area contributed by atoms with E-state index < -0.39 is 5.82 Å². The van der Waals surface area contributed by atoms with Crippen molar-refractivity contribution in [1.29, 1.82) is 0 Å². The summed E-state index contributed by atoms with van der Waals surface area (Å²) < 4.78 is 13.5. The van der Waals surface area contributed by atoms with Gasteiger partial charge in [0.05, 0.1) is 6.17 Å². The van der Waals surface area contributed by atoms with E-state index in [0.717, 1.165) is 49.2 Å². The lowest BCUT2D eigenvalue weighted by Crippen LogP contribution is -2.46. The van der Waals surface area contributed by atoms with Gasteiger partial charge in [-0.25, -0.2) is 4.39 Å². The topological polar surface area (TPSA) is 43.9 Å². The van der Waals surface area contributed by atoms with E-state index in [-0.39, 0.29) is 18.0 Å². The van der Waals surface area contributed by atoms with Crippen molar-refractivity contribution < 1.29 is 14.0 Å². The molecule has 2 aromatic rings. The SMILES string of the molecule is O=C(c1cccc(F)c1)N1CCc2cc(C(=O)N3CCCC3N3CCCC3)ccc2C1. The third kappa shape index (κ3) is 3.97. The van der Waals surface area contributed by atoms with Crippen LogP contribution in [0.5, 0.6) is 0 Å². The van der Waals surface area contributed by atoms with E-state index in [0.29, 0.717) is 25.1 Å². The zero-order valence-corrected chi connectivity index (χ0v) is 17.7. The average Bonchev–Trinajstić information content (AvgIpc) is 3.49. The lowest BCUT2D eigenvalue weighted by molar-refractivity contribution is 0.0530. The molecular formula is C25H28FN3O2. The van der Waals surface area contributed by atoms with Gasteiger partial charge in [0, 0.05) is 43.9 Å². The summed E-state index contributed by atoms with van der Waals surface area (Å²) in [6.45, 7) is 4.06. The van der Waals surface area contributed by atoms with Crippen LogP contribution >= 0.6 is 0 Å². The predicted octanol–water partition coefficient (Wildman–Crippen LogP) is 3.68. The summed E-state index contributed by atoms with van der Waals surface area (Å²) in [6.07, 6.45) is 5.52. The zero-order chi connectivity index (χ0) is 21.4. The van der Waals surface area contributed by atoms with Crippen molar-refractivity contribution in [2.45, 2.75) is 44.8 Å². The fourth-order valence-electron chi connectivity index (χ4n) is 5.23. The Morgan fingerprint density at radius 2 is 1.65 bits per heavy atom. The Morgan fingerprint density at radius 3 is 2.45 bits per heavy atom. The molecule has 0 saturated carbocycles. The monoisotopic (exact) mass is 421 g/mol. The number of fused-ring (bicyclic) bond motifs is 1. The van der Waals surface area contributed by atoms with Gasteiger partial charge >= 0.3 is 0 Å². The Bertz CT molecular complexity index is 1000. The van der Waals surface area contributed by atoms with Gasteiger partial charge in [0.1, 0.15) is 5.82 Å². The van der Waals surface area contributed by atoms with Crippen LogP contribution in [0.1, 0.15) is 57.5 Å². The number of likely N-dealkylation sites (tertiary alicyclic amines) is 2. The smallest absolute Gasteiger partial charge is 0.255 e. The summed E-state index contributed by atoms with van der Waals surface area (Å²) >= 11 is 0. The van der Waals surface area contributed by atoms with E-state index in [9.17, 15) is 14.0 Å². The zero-order valence-electron chi connectivity index (χ0n) is 17.7. The molecule has 5 rings (SSSR count). The van der Waals surface area contributed by atoms with Gasteiger partial charge in [0.15, 0.2) is 0 Å². The van der Waals surface area contributed by atoms with Gasteiger partial charge in [0.25, 0.3) is 11.8 Å². The van der Waals surface area contributed by atoms with Crippen molar-refractivity contribution in [2.24, 2.45) is 0 Å². The highest BCUT2D eigenvalue weighted by atomic mass is 19.1. The molecule has 31 heavy (non-hydrogen) atoms. The summed E-state index contributed by atoms with van der Waals surface area (Å²) in [6, 6.07) is 11.7. The summed E-state index contributed by atoms with van der Waals surface area (Å²) in [5, 5.41) is 0. The van der Waals surface area contributed by atoms with Crippen LogP contribution < -0.4 is 0 Å². The van der Waals surface area contributed by atoms with Crippen LogP contribution in [-0.4, -0.2) is 58.9 Å². The molecule has 2 saturated heterocycles. The Balaban J connectivity index is 1.30. The molecule has 0 aliphatic carbocycles. The Labute approximate surface area is 182 Å². The van der Waals surface area contributed by atoms with Crippen LogP contribution in [0.15, 0.2) is 42.5 Å². The quantitative estimate of drug-likeness (QED) is 0.759. The van der Waals surface area contributed by atoms with Gasteiger partial charge in [-0.15, -0.1) is 0 Å². The molecule has 0 spiro atoms. The highest BCUT2D eigenvalue weighted by Gasteiger charge is 2.35. The largest absolute Gasteiger partial charge is 0.334 e. The average molecular weight is 422 g/mol. The lowest BCUT2D eigenvalue weighted by atomic mass is 9.96. The van der Waals surface area contributed by atoms with Crippen LogP contribution in [0.4, 0.5) is 4.39 Å². The maximum atomic E-state index is 13.5. The minimum atomic E-state index is -0.402. The van der Waals surface area contributed by atoms with E-state index in [4.69, 9.17) is 0 Å². The summed E-state index contributed by atoms with van der Waals surface area (Å²) in [5.41, 5.74) is 3.31. The fourth-order valence-corrected chi connectivity index (χ4v) is 5.23. The van der Waals surface area contributed by atoms with Gasteiger partial charge in [0.2, 0.25) is 0 Å². The Kier molecular flexibility index (Phi) is 5.48. The van der Waals surface area contributed by atoms with Crippen LogP contribution in [0.25, 0.3) is 0 Å². The first-order chi connectivity index (χ1) is 15.1. The standard InChI is InChI=1S/C25H28FN3O2/c26-22-6-3-5-19(16-22)24(30)28-14-10-18-15-20(8-9-21(18)17-28)25(31)29-13-4-7-23(29)27-11-1-2-12-27/h3,5-6,8-9,15-16,23H,1-2,4,7,10-14,17H2. The molecule has 3 aliphatic rings. The maximum absolute atomic E-state index is 13.5. The molecule has 3 heterocycles. The number of rotatable bonds is 3. The van der Waals surface area contributed by atoms with Crippen molar-refractivity contribution in [3.8, 4) is 0 Å². The van der Waals surface area contributed by atoms with Crippen molar-refractivity contribution in [3.63, 3.8) is 0 Å². The first kappa shape index (κ1) is 20.2. The van der Waals surface area contributed by atoms with Crippen molar-refractivity contribution >= 4 is 11.8 Å². The number of hydrogen-bond donors (Lipinski definition) is 0. The minimum absolute atomic E-state index is 0.121. The minimum Gasteiger partial charge on any atom is -0.334 e. The fraction of sp³-hybridized carbons (Fsp3) is 0.440. The van der Waals surface area contributed by atoms with Gasteiger partial charge < -0.3 is 9.80 Å². The number of amides is 2. The van der Waals surface area contributed by atoms with Crippen LogP contribution in [0.2, 0.25) is 0 Å². The Morgan fingerprint density at radius 1 is 0.839 bits per heavy atom. The molecule has 0 bridgehead atoms. The molecule has 3 aliphatic heterocycles. The highest BCUT2D eigenvalue weighted by molar-refractivity contribution is 5.95. The number of nitrogens with zero attached hydrogens (tertiary/aromatic N) is 3. The number of halogens is 1. The highest BCUT2D eigenvalue weighted by Crippen LogP contribution is 2.28. The van der Waals surface area contributed by atoms with E-state index in [1.165, 1.54) is 25.0 Å². The first-order valence-electron chi connectivity index (χ1n) is 11.3. The molecule has 0 N–H and O–H groups in total. The number of carbonyl (C=O) groups excluding carboxylic acids is 2. The van der Waals surface area contributed by atoms with Crippen LogP contribution in [0, 0.1) is 5.82 Å². The first-order valence-corrected chi connectivity index (χ1v) is 11.3. The third-order valence-electron chi connectivity index (χ3n) is 6.87. The molecule has 0 radical (unpaired) electrons. The molecule has 0 aromatic heterocycles. The Hall–Kier alpha value is -2.73. The normalized spacial score (nSPS) is 21.4. The van der Waals surface area contributed by atoms with Gasteiger partial charge in [-0.1, -0.05) is 12.1 Å². The molecule has 1 atom stereocenters. The number of benzene rings is 2. The van der Waals surface area contributed by atoms with Crippen LogP contribution in [-0.2, 0) is 13.0 Å². The summed E-state index contributed by atoms with van der Waals surface area (Å²) in [5.74, 6) is -0.438. The van der Waals surface area contributed by atoms with Crippen molar-refractivity contribution in [1.82, 2.24) is 14.7 Å². The second-order valence-corrected chi connectivity index (χ2v) is 8.84. The molecular weight excluding hydrogens is 393 g/mol. The van der Waals surface area contributed by atoms with Crippen molar-refractivity contribution in [3.05, 3.63) is 70.5 Å². The number of hydrogen-bond acceptors (Lipinski definition) is 3. The third-order valence-corrected chi connectivity index (χ3v) is 6.87. The molecule has 2 amide bonds.